The van der Waals surface area contributed by atoms with Crippen LogP contribution in [-0.2, 0) is 11.2 Å². The van der Waals surface area contributed by atoms with Gasteiger partial charge >= 0.3 is 0 Å². The number of rotatable bonds is 7. The standard InChI is InChI=1S/C25H22N4OS/c1-2-18-13-15-21(16-14-18)26-22(30)17-31-25-27-23(19-9-5-3-6-10-19)24(28-29-25)20-11-7-4-8-12-20/h3-16H,2,17H2,1H3,(H,26,30). The van der Waals surface area contributed by atoms with Crippen LogP contribution in [0.15, 0.2) is 90.1 Å². The Balaban J connectivity index is 1.51. The van der Waals surface area contributed by atoms with E-state index in [2.05, 4.69) is 22.4 Å². The van der Waals surface area contributed by atoms with Crippen LogP contribution in [0.2, 0.25) is 0 Å². The average molecular weight is 427 g/mol. The van der Waals surface area contributed by atoms with E-state index in [1.807, 2.05) is 84.9 Å². The number of nitrogens with zero attached hydrogens (tertiary/aromatic N) is 3. The number of amides is 1. The minimum absolute atomic E-state index is 0.105. The van der Waals surface area contributed by atoms with Crippen molar-refractivity contribution in [3.05, 3.63) is 90.5 Å². The normalized spacial score (nSPS) is 10.6. The van der Waals surface area contributed by atoms with Crippen LogP contribution in [0.25, 0.3) is 22.5 Å². The van der Waals surface area contributed by atoms with Crippen LogP contribution in [-0.4, -0.2) is 26.8 Å². The Morgan fingerprint density at radius 2 is 1.42 bits per heavy atom. The van der Waals surface area contributed by atoms with Gasteiger partial charge in [-0.2, -0.15) is 0 Å². The predicted molar refractivity (Wildman–Crippen MR) is 126 cm³/mol. The highest BCUT2D eigenvalue weighted by Crippen LogP contribution is 2.29. The first kappa shape index (κ1) is 20.8. The summed E-state index contributed by atoms with van der Waals surface area (Å²) in [6.07, 6.45) is 0.969. The number of hydrogen-bond donors (Lipinski definition) is 1. The summed E-state index contributed by atoms with van der Waals surface area (Å²) in [5, 5.41) is 12.1. The Hall–Kier alpha value is -3.51. The smallest absolute Gasteiger partial charge is 0.234 e. The number of nitrogens with one attached hydrogen (secondary N) is 1. The number of carbonyl (C=O) groups excluding carboxylic acids is 1. The van der Waals surface area contributed by atoms with Crippen molar-refractivity contribution in [2.75, 3.05) is 11.1 Å². The molecular weight excluding hydrogens is 404 g/mol. The summed E-state index contributed by atoms with van der Waals surface area (Å²) in [6, 6.07) is 27.6. The Labute approximate surface area is 186 Å². The second-order valence-electron chi connectivity index (χ2n) is 6.91. The third-order valence-electron chi connectivity index (χ3n) is 4.74. The fourth-order valence-electron chi connectivity index (χ4n) is 3.11. The molecule has 1 N–H and O–H groups in total. The zero-order chi connectivity index (χ0) is 21.5. The van der Waals surface area contributed by atoms with Gasteiger partial charge in [0.15, 0.2) is 0 Å². The maximum atomic E-state index is 12.4. The van der Waals surface area contributed by atoms with Gasteiger partial charge in [-0.1, -0.05) is 91.5 Å². The van der Waals surface area contributed by atoms with E-state index in [4.69, 9.17) is 4.98 Å². The number of anilines is 1. The van der Waals surface area contributed by atoms with Gasteiger partial charge in [0, 0.05) is 16.8 Å². The molecule has 31 heavy (non-hydrogen) atoms. The molecule has 0 fully saturated rings. The number of aromatic nitrogens is 3. The van der Waals surface area contributed by atoms with E-state index in [1.165, 1.54) is 17.3 Å². The zero-order valence-corrected chi connectivity index (χ0v) is 18.0. The lowest BCUT2D eigenvalue weighted by Gasteiger charge is -2.09. The fraction of sp³-hybridized carbons (Fsp3) is 0.120. The first-order valence-corrected chi connectivity index (χ1v) is 11.1. The van der Waals surface area contributed by atoms with Crippen LogP contribution in [0.1, 0.15) is 12.5 Å². The molecule has 6 heteroatoms. The summed E-state index contributed by atoms with van der Waals surface area (Å²) in [4.78, 5) is 17.1. The van der Waals surface area contributed by atoms with Crippen molar-refractivity contribution >= 4 is 23.4 Å². The minimum atomic E-state index is -0.105. The summed E-state index contributed by atoms with van der Waals surface area (Å²) >= 11 is 1.27. The van der Waals surface area contributed by atoms with Crippen LogP contribution < -0.4 is 5.32 Å². The summed E-state index contributed by atoms with van der Waals surface area (Å²) in [7, 11) is 0. The lowest BCUT2D eigenvalue weighted by atomic mass is 10.0. The molecule has 0 aliphatic heterocycles. The van der Waals surface area contributed by atoms with Gasteiger partial charge in [-0.15, -0.1) is 10.2 Å². The third kappa shape index (κ3) is 5.35. The van der Waals surface area contributed by atoms with Crippen LogP contribution in [0.4, 0.5) is 5.69 Å². The Bertz CT molecular complexity index is 1150. The Kier molecular flexibility index (Phi) is 6.69. The molecule has 1 aromatic heterocycles. The zero-order valence-electron chi connectivity index (χ0n) is 17.2. The van der Waals surface area contributed by atoms with Crippen LogP contribution in [0, 0.1) is 0 Å². The van der Waals surface area contributed by atoms with E-state index in [1.54, 1.807) is 0 Å². The van der Waals surface area contributed by atoms with Gasteiger partial charge in [-0.3, -0.25) is 4.79 Å². The van der Waals surface area contributed by atoms with Crippen molar-refractivity contribution in [2.24, 2.45) is 0 Å². The molecule has 1 amide bonds. The van der Waals surface area contributed by atoms with E-state index in [9.17, 15) is 4.79 Å². The molecule has 0 unspecified atom stereocenters. The van der Waals surface area contributed by atoms with Gasteiger partial charge in [0.1, 0.15) is 11.4 Å². The topological polar surface area (TPSA) is 67.8 Å². The lowest BCUT2D eigenvalue weighted by molar-refractivity contribution is -0.113. The maximum absolute atomic E-state index is 12.4. The molecule has 0 saturated carbocycles. The highest BCUT2D eigenvalue weighted by atomic mass is 32.2. The maximum Gasteiger partial charge on any atom is 0.234 e. The largest absolute Gasteiger partial charge is 0.325 e. The van der Waals surface area contributed by atoms with Gasteiger partial charge in [0.05, 0.1) is 5.75 Å². The van der Waals surface area contributed by atoms with Gasteiger partial charge in [0.25, 0.3) is 0 Å². The summed E-state index contributed by atoms with van der Waals surface area (Å²) in [5.41, 5.74) is 5.39. The molecule has 5 nitrogen and oxygen atoms in total. The summed E-state index contributed by atoms with van der Waals surface area (Å²) in [5.74, 6) is 0.0992. The highest BCUT2D eigenvalue weighted by Gasteiger charge is 2.14. The Morgan fingerprint density at radius 3 is 2.03 bits per heavy atom. The van der Waals surface area contributed by atoms with Gasteiger partial charge < -0.3 is 5.32 Å². The van der Waals surface area contributed by atoms with Crippen LogP contribution in [0.5, 0.6) is 0 Å². The van der Waals surface area contributed by atoms with Crippen molar-refractivity contribution < 1.29 is 4.79 Å². The lowest BCUT2D eigenvalue weighted by Crippen LogP contribution is -2.14. The number of carbonyl (C=O) groups is 1. The molecule has 0 atom stereocenters. The minimum Gasteiger partial charge on any atom is -0.325 e. The molecular formula is C25H22N4OS. The first-order valence-electron chi connectivity index (χ1n) is 10.1. The molecule has 0 aliphatic rings. The number of thioether (sulfide) groups is 1. The van der Waals surface area contributed by atoms with Crippen LogP contribution >= 0.6 is 11.8 Å². The van der Waals surface area contributed by atoms with Gasteiger partial charge in [-0.05, 0) is 24.1 Å². The molecule has 4 rings (SSSR count). The van der Waals surface area contributed by atoms with Crippen molar-refractivity contribution in [3.63, 3.8) is 0 Å². The van der Waals surface area contributed by atoms with Gasteiger partial charge in [-0.25, -0.2) is 4.98 Å². The molecule has 0 bridgehead atoms. The molecule has 3 aromatic carbocycles. The molecule has 0 saturated heterocycles. The second kappa shape index (κ2) is 10.00. The molecule has 154 valence electrons. The van der Waals surface area contributed by atoms with E-state index in [0.717, 1.165) is 34.6 Å². The van der Waals surface area contributed by atoms with Crippen molar-refractivity contribution in [1.29, 1.82) is 0 Å². The quantitative estimate of drug-likeness (QED) is 0.395. The number of hydrogen-bond acceptors (Lipinski definition) is 5. The van der Waals surface area contributed by atoms with E-state index in [0.29, 0.717) is 5.16 Å². The van der Waals surface area contributed by atoms with Crippen molar-refractivity contribution in [1.82, 2.24) is 15.2 Å². The third-order valence-corrected chi connectivity index (χ3v) is 5.58. The molecule has 0 radical (unpaired) electrons. The second-order valence-corrected chi connectivity index (χ2v) is 7.85. The molecule has 0 spiro atoms. The monoisotopic (exact) mass is 426 g/mol. The number of benzene rings is 3. The fourth-order valence-corrected chi connectivity index (χ4v) is 3.70. The van der Waals surface area contributed by atoms with Crippen LogP contribution in [0.3, 0.4) is 0 Å². The molecule has 1 heterocycles. The SMILES string of the molecule is CCc1ccc(NC(=O)CSc2nnc(-c3ccccc3)c(-c3ccccc3)n2)cc1. The number of aryl methyl sites for hydroxylation is 1. The summed E-state index contributed by atoms with van der Waals surface area (Å²) < 4.78 is 0. The van der Waals surface area contributed by atoms with E-state index in [-0.39, 0.29) is 11.7 Å². The van der Waals surface area contributed by atoms with Gasteiger partial charge in [0.2, 0.25) is 11.1 Å². The Morgan fingerprint density at radius 1 is 0.806 bits per heavy atom. The van der Waals surface area contributed by atoms with E-state index < -0.39 is 0 Å². The highest BCUT2D eigenvalue weighted by molar-refractivity contribution is 7.99. The average Bonchev–Trinajstić information content (AvgIpc) is 2.84. The first-order chi connectivity index (χ1) is 15.2. The summed E-state index contributed by atoms with van der Waals surface area (Å²) in [6.45, 7) is 2.10. The van der Waals surface area contributed by atoms with E-state index >= 15 is 0 Å². The molecule has 0 aliphatic carbocycles. The van der Waals surface area contributed by atoms with Crippen molar-refractivity contribution in [3.8, 4) is 22.5 Å². The predicted octanol–water partition coefficient (Wildman–Crippen LogP) is 5.50. The molecule has 4 aromatic rings. The van der Waals surface area contributed by atoms with Crippen molar-refractivity contribution in [2.45, 2.75) is 18.5 Å².